The molecule has 1 aromatic rings. The third kappa shape index (κ3) is 5.82. The predicted molar refractivity (Wildman–Crippen MR) is 68.4 cm³/mol. The molecule has 7 heteroatoms. The maximum atomic E-state index is 11.4. The Kier molecular flexibility index (Phi) is 5.74. The summed E-state index contributed by atoms with van der Waals surface area (Å²) >= 11 is 0. The number of aromatic nitrogens is 1. The van der Waals surface area contributed by atoms with Gasteiger partial charge in [0.1, 0.15) is 0 Å². The normalized spacial score (nSPS) is 11.7. The molecular weight excluding hydrogens is 250 g/mol. The topological polar surface area (TPSA) is 100 Å². The van der Waals surface area contributed by atoms with Gasteiger partial charge in [-0.3, -0.25) is 14.4 Å². The average molecular weight is 267 g/mol. The van der Waals surface area contributed by atoms with Crippen molar-refractivity contribution in [3.63, 3.8) is 0 Å². The molecule has 0 bridgehead atoms. The highest BCUT2D eigenvalue weighted by molar-refractivity contribution is 5.83. The van der Waals surface area contributed by atoms with E-state index in [9.17, 15) is 19.5 Å². The van der Waals surface area contributed by atoms with Crippen molar-refractivity contribution >= 4 is 11.8 Å². The Balaban J connectivity index is 2.34. The van der Waals surface area contributed by atoms with Crippen molar-refractivity contribution < 1.29 is 14.7 Å². The number of nitrogens with zero attached hydrogens (tertiary/aromatic N) is 1. The van der Waals surface area contributed by atoms with Gasteiger partial charge in [0.2, 0.25) is 11.8 Å². The van der Waals surface area contributed by atoms with Crippen LogP contribution >= 0.6 is 0 Å². The molecule has 0 aliphatic rings. The lowest BCUT2D eigenvalue weighted by molar-refractivity contribution is -0.125. The molecule has 0 aliphatic heterocycles. The molecule has 2 amide bonds. The Morgan fingerprint density at radius 1 is 1.37 bits per heavy atom. The molecule has 104 valence electrons. The lowest BCUT2D eigenvalue weighted by Crippen LogP contribution is -2.41. The van der Waals surface area contributed by atoms with Crippen molar-refractivity contribution in [2.24, 2.45) is 0 Å². The highest BCUT2D eigenvalue weighted by atomic mass is 16.3. The number of aliphatic hydroxyl groups excluding tert-OH is 1. The van der Waals surface area contributed by atoms with E-state index in [-0.39, 0.29) is 31.1 Å². The van der Waals surface area contributed by atoms with Gasteiger partial charge in [-0.15, -0.1) is 0 Å². The van der Waals surface area contributed by atoms with Crippen LogP contribution < -0.4 is 16.2 Å². The van der Waals surface area contributed by atoms with E-state index in [1.54, 1.807) is 18.3 Å². The summed E-state index contributed by atoms with van der Waals surface area (Å²) in [5.41, 5.74) is -0.217. The number of aliphatic hydroxyl groups is 1. The Morgan fingerprint density at radius 2 is 2.11 bits per heavy atom. The second kappa shape index (κ2) is 7.32. The molecule has 1 heterocycles. The van der Waals surface area contributed by atoms with E-state index in [0.717, 1.165) is 0 Å². The first-order valence-corrected chi connectivity index (χ1v) is 5.83. The van der Waals surface area contributed by atoms with Gasteiger partial charge in [0.05, 0.1) is 19.2 Å². The lowest BCUT2D eigenvalue weighted by Gasteiger charge is -2.13. The molecule has 1 aromatic heterocycles. The Bertz CT molecular complexity index is 498. The van der Waals surface area contributed by atoms with Crippen LogP contribution in [0, 0.1) is 0 Å². The van der Waals surface area contributed by atoms with Gasteiger partial charge in [-0.2, -0.15) is 0 Å². The lowest BCUT2D eigenvalue weighted by atomic mass is 10.3. The number of rotatable bonds is 6. The standard InChI is InChI=1S/C12H17N3O4/c1-9(16)13-7-11(18)14-6-10(17)8-15-5-3-2-4-12(15)19/h2-5,10,17H,6-8H2,1H3,(H,13,16)(H,14,18). The summed E-state index contributed by atoms with van der Waals surface area (Å²) in [6.45, 7) is 1.29. The molecular formula is C12H17N3O4. The molecule has 0 fully saturated rings. The van der Waals surface area contributed by atoms with E-state index in [4.69, 9.17) is 0 Å². The number of nitrogens with one attached hydrogen (secondary N) is 2. The molecule has 19 heavy (non-hydrogen) atoms. The summed E-state index contributed by atoms with van der Waals surface area (Å²) < 4.78 is 1.35. The van der Waals surface area contributed by atoms with Gasteiger partial charge >= 0.3 is 0 Å². The second-order valence-corrected chi connectivity index (χ2v) is 4.06. The van der Waals surface area contributed by atoms with Crippen LogP contribution in [0.4, 0.5) is 0 Å². The van der Waals surface area contributed by atoms with Crippen molar-refractivity contribution in [1.29, 1.82) is 0 Å². The zero-order valence-electron chi connectivity index (χ0n) is 10.6. The quantitative estimate of drug-likeness (QED) is 0.581. The zero-order chi connectivity index (χ0) is 14.3. The van der Waals surface area contributed by atoms with E-state index < -0.39 is 12.0 Å². The van der Waals surface area contributed by atoms with Crippen LogP contribution in [-0.4, -0.2) is 40.7 Å². The molecule has 1 unspecified atom stereocenters. The predicted octanol–water partition coefficient (Wildman–Crippen LogP) is -1.54. The monoisotopic (exact) mass is 267 g/mol. The minimum atomic E-state index is -0.874. The van der Waals surface area contributed by atoms with E-state index >= 15 is 0 Å². The molecule has 3 N–H and O–H groups in total. The van der Waals surface area contributed by atoms with Crippen LogP contribution in [0.1, 0.15) is 6.92 Å². The summed E-state index contributed by atoms with van der Waals surface area (Å²) in [6, 6.07) is 4.69. The number of hydrogen-bond acceptors (Lipinski definition) is 4. The van der Waals surface area contributed by atoms with Crippen molar-refractivity contribution in [2.45, 2.75) is 19.6 Å². The number of hydrogen-bond donors (Lipinski definition) is 3. The molecule has 0 radical (unpaired) electrons. The molecule has 0 aromatic carbocycles. The Morgan fingerprint density at radius 3 is 2.74 bits per heavy atom. The van der Waals surface area contributed by atoms with Crippen LogP contribution in [-0.2, 0) is 16.1 Å². The summed E-state index contributed by atoms with van der Waals surface area (Å²) in [4.78, 5) is 33.2. The molecule has 1 rings (SSSR count). The third-order valence-corrected chi connectivity index (χ3v) is 2.34. The summed E-state index contributed by atoms with van der Waals surface area (Å²) in [5, 5.41) is 14.5. The number of carbonyl (C=O) groups excluding carboxylic acids is 2. The van der Waals surface area contributed by atoms with Gasteiger partial charge in [-0.05, 0) is 6.07 Å². The van der Waals surface area contributed by atoms with Crippen LogP contribution in [0.5, 0.6) is 0 Å². The molecule has 0 aliphatic carbocycles. The molecule has 0 saturated heterocycles. The number of amides is 2. The maximum absolute atomic E-state index is 11.4. The van der Waals surface area contributed by atoms with Crippen molar-refractivity contribution in [2.75, 3.05) is 13.1 Å². The SMILES string of the molecule is CC(=O)NCC(=O)NCC(O)Cn1ccccc1=O. The number of carbonyl (C=O) groups is 2. The van der Waals surface area contributed by atoms with Gasteiger partial charge in [0.15, 0.2) is 0 Å². The van der Waals surface area contributed by atoms with Gasteiger partial charge in [0, 0.05) is 25.7 Å². The van der Waals surface area contributed by atoms with Gasteiger partial charge in [-0.25, -0.2) is 0 Å². The first-order chi connectivity index (χ1) is 8.99. The molecule has 1 atom stereocenters. The summed E-state index contributed by atoms with van der Waals surface area (Å²) in [6.07, 6.45) is 0.686. The Labute approximate surface area is 110 Å². The third-order valence-electron chi connectivity index (χ3n) is 2.34. The molecule has 0 saturated carbocycles. The minimum Gasteiger partial charge on any atom is -0.389 e. The first kappa shape index (κ1) is 14.9. The second-order valence-electron chi connectivity index (χ2n) is 4.06. The largest absolute Gasteiger partial charge is 0.389 e. The molecule has 0 spiro atoms. The summed E-state index contributed by atoms with van der Waals surface area (Å²) in [7, 11) is 0. The van der Waals surface area contributed by atoms with Gasteiger partial charge in [0.25, 0.3) is 5.56 Å². The zero-order valence-corrected chi connectivity index (χ0v) is 10.6. The van der Waals surface area contributed by atoms with Crippen molar-refractivity contribution in [1.82, 2.24) is 15.2 Å². The van der Waals surface area contributed by atoms with E-state index in [0.29, 0.717) is 0 Å². The average Bonchev–Trinajstić information content (AvgIpc) is 2.36. The van der Waals surface area contributed by atoms with Crippen molar-refractivity contribution in [3.8, 4) is 0 Å². The van der Waals surface area contributed by atoms with Gasteiger partial charge < -0.3 is 20.3 Å². The Hall–Kier alpha value is -2.15. The smallest absolute Gasteiger partial charge is 0.250 e. The highest BCUT2D eigenvalue weighted by Crippen LogP contribution is 1.88. The van der Waals surface area contributed by atoms with Crippen LogP contribution in [0.15, 0.2) is 29.2 Å². The first-order valence-electron chi connectivity index (χ1n) is 5.83. The van der Waals surface area contributed by atoms with E-state index in [1.165, 1.54) is 17.6 Å². The highest BCUT2D eigenvalue weighted by Gasteiger charge is 2.08. The number of pyridine rings is 1. The summed E-state index contributed by atoms with van der Waals surface area (Å²) in [5.74, 6) is -0.693. The fourth-order valence-electron chi connectivity index (χ4n) is 1.40. The maximum Gasteiger partial charge on any atom is 0.250 e. The molecule has 7 nitrogen and oxygen atoms in total. The van der Waals surface area contributed by atoms with Crippen LogP contribution in [0.25, 0.3) is 0 Å². The van der Waals surface area contributed by atoms with E-state index in [1.807, 2.05) is 0 Å². The minimum absolute atomic E-state index is 0.0136. The van der Waals surface area contributed by atoms with Crippen LogP contribution in [0.2, 0.25) is 0 Å². The fourth-order valence-corrected chi connectivity index (χ4v) is 1.40. The van der Waals surface area contributed by atoms with E-state index in [2.05, 4.69) is 10.6 Å². The fraction of sp³-hybridized carbons (Fsp3) is 0.417. The van der Waals surface area contributed by atoms with Gasteiger partial charge in [-0.1, -0.05) is 6.07 Å². The van der Waals surface area contributed by atoms with Crippen molar-refractivity contribution in [3.05, 3.63) is 34.7 Å². The van der Waals surface area contributed by atoms with Crippen LogP contribution in [0.3, 0.4) is 0 Å².